The van der Waals surface area contributed by atoms with Gasteiger partial charge in [0.05, 0.1) is 12.2 Å². The molecule has 14 heavy (non-hydrogen) atoms. The van der Waals surface area contributed by atoms with Gasteiger partial charge in [-0.3, -0.25) is 4.79 Å². The summed E-state index contributed by atoms with van der Waals surface area (Å²) in [5.41, 5.74) is -0.746. The van der Waals surface area contributed by atoms with Crippen LogP contribution < -0.4 is 0 Å². The molecule has 1 saturated heterocycles. The third-order valence-corrected chi connectivity index (χ3v) is 3.28. The number of β-amino-alcohol motifs (C(OH)–C–C–N with tert-alkyl or cyclic N) is 1. The molecule has 0 radical (unpaired) electrons. The highest BCUT2D eigenvalue weighted by atomic mass is 16.3. The maximum absolute atomic E-state index is 11.9. The van der Waals surface area contributed by atoms with E-state index in [1.54, 1.807) is 4.90 Å². The molecule has 2 rings (SSSR count). The van der Waals surface area contributed by atoms with Crippen molar-refractivity contribution in [3.63, 3.8) is 0 Å². The third kappa shape index (κ3) is 1.28. The predicted octanol–water partition coefficient (Wildman–Crippen LogP) is 0.273. The van der Waals surface area contributed by atoms with Crippen LogP contribution in [0.15, 0.2) is 0 Å². The second-order valence-corrected chi connectivity index (χ2v) is 4.24. The highest BCUT2D eigenvalue weighted by Crippen LogP contribution is 2.42. The molecule has 76 valence electrons. The zero-order valence-electron chi connectivity index (χ0n) is 8.07. The minimum Gasteiger partial charge on any atom is -0.391 e. The van der Waals surface area contributed by atoms with Crippen molar-refractivity contribution in [2.24, 2.45) is 5.41 Å². The molecular formula is C10H14N2O2. The maximum atomic E-state index is 11.9. The van der Waals surface area contributed by atoms with Crippen LogP contribution in [0.1, 0.15) is 25.7 Å². The van der Waals surface area contributed by atoms with Crippen molar-refractivity contribution >= 4 is 5.91 Å². The van der Waals surface area contributed by atoms with Crippen molar-refractivity contribution in [2.75, 3.05) is 13.1 Å². The normalized spacial score (nSPS) is 29.4. The molecule has 1 saturated carbocycles. The standard InChI is InChI=1S/C10H14N2O2/c11-7-10(3-1-4-10)9(14)12-5-2-8(13)6-12/h8,13H,1-6H2. The van der Waals surface area contributed by atoms with Crippen molar-refractivity contribution in [1.29, 1.82) is 5.26 Å². The number of nitriles is 1. The van der Waals surface area contributed by atoms with E-state index in [-0.39, 0.29) is 5.91 Å². The van der Waals surface area contributed by atoms with Crippen LogP contribution in [-0.4, -0.2) is 35.1 Å². The van der Waals surface area contributed by atoms with Crippen molar-refractivity contribution < 1.29 is 9.90 Å². The summed E-state index contributed by atoms with van der Waals surface area (Å²) >= 11 is 0. The van der Waals surface area contributed by atoms with Gasteiger partial charge in [0.25, 0.3) is 0 Å². The number of carbonyl (C=O) groups excluding carboxylic acids is 1. The van der Waals surface area contributed by atoms with Crippen LogP contribution in [-0.2, 0) is 4.79 Å². The first-order chi connectivity index (χ1) is 6.68. The first kappa shape index (κ1) is 9.47. The summed E-state index contributed by atoms with van der Waals surface area (Å²) in [6, 6.07) is 2.13. The molecule has 4 heteroatoms. The monoisotopic (exact) mass is 194 g/mol. The zero-order chi connectivity index (χ0) is 10.2. The molecule has 0 aromatic carbocycles. The number of aliphatic hydroxyl groups is 1. The lowest BCUT2D eigenvalue weighted by Gasteiger charge is -2.36. The van der Waals surface area contributed by atoms with Crippen molar-refractivity contribution in [3.05, 3.63) is 0 Å². The lowest BCUT2D eigenvalue weighted by molar-refractivity contribution is -0.142. The highest BCUT2D eigenvalue weighted by molar-refractivity contribution is 5.86. The van der Waals surface area contributed by atoms with Crippen molar-refractivity contribution in [1.82, 2.24) is 4.90 Å². The van der Waals surface area contributed by atoms with E-state index in [4.69, 9.17) is 5.26 Å². The first-order valence-corrected chi connectivity index (χ1v) is 5.07. The quantitative estimate of drug-likeness (QED) is 0.651. The van der Waals surface area contributed by atoms with E-state index in [9.17, 15) is 9.90 Å². The highest BCUT2D eigenvalue weighted by Gasteiger charge is 2.47. The van der Waals surface area contributed by atoms with Gasteiger partial charge in [-0.2, -0.15) is 5.26 Å². The van der Waals surface area contributed by atoms with Crippen LogP contribution in [0.2, 0.25) is 0 Å². The third-order valence-electron chi connectivity index (χ3n) is 3.28. The molecule has 1 heterocycles. The summed E-state index contributed by atoms with van der Waals surface area (Å²) in [5, 5.41) is 18.3. The molecule has 0 aromatic rings. The molecule has 1 atom stereocenters. The van der Waals surface area contributed by atoms with E-state index in [1.807, 2.05) is 0 Å². The van der Waals surface area contributed by atoms with Crippen LogP contribution >= 0.6 is 0 Å². The lowest BCUT2D eigenvalue weighted by atomic mass is 9.69. The second-order valence-electron chi connectivity index (χ2n) is 4.24. The molecule has 1 amide bonds. The van der Waals surface area contributed by atoms with Crippen LogP contribution in [0.25, 0.3) is 0 Å². The molecule has 0 bridgehead atoms. The number of hydrogen-bond donors (Lipinski definition) is 1. The number of nitrogens with zero attached hydrogens (tertiary/aromatic N) is 2. The second kappa shape index (κ2) is 3.25. The summed E-state index contributed by atoms with van der Waals surface area (Å²) in [4.78, 5) is 13.6. The maximum Gasteiger partial charge on any atom is 0.243 e. The number of hydrogen-bond acceptors (Lipinski definition) is 3. The van der Waals surface area contributed by atoms with Crippen LogP contribution in [0.4, 0.5) is 0 Å². The zero-order valence-corrected chi connectivity index (χ0v) is 8.07. The molecule has 1 aliphatic heterocycles. The van der Waals surface area contributed by atoms with Crippen LogP contribution in [0.5, 0.6) is 0 Å². The van der Waals surface area contributed by atoms with Gasteiger partial charge in [-0.05, 0) is 25.7 Å². The van der Waals surface area contributed by atoms with E-state index in [1.165, 1.54) is 0 Å². The largest absolute Gasteiger partial charge is 0.391 e. The SMILES string of the molecule is N#CC1(C(=O)N2CCC(O)C2)CCC1. The Balaban J connectivity index is 2.05. The minimum atomic E-state index is -0.746. The van der Waals surface area contributed by atoms with Gasteiger partial charge < -0.3 is 10.0 Å². The molecule has 0 aromatic heterocycles. The number of carbonyl (C=O) groups is 1. The van der Waals surface area contributed by atoms with Gasteiger partial charge in [-0.25, -0.2) is 0 Å². The van der Waals surface area contributed by atoms with Gasteiger partial charge in [0, 0.05) is 13.1 Å². The average Bonchev–Trinajstić information content (AvgIpc) is 2.50. The van der Waals surface area contributed by atoms with Crippen molar-refractivity contribution in [3.8, 4) is 6.07 Å². The summed E-state index contributed by atoms with van der Waals surface area (Å²) in [7, 11) is 0. The molecular weight excluding hydrogens is 180 g/mol. The molecule has 2 aliphatic rings. The van der Waals surface area contributed by atoms with Gasteiger partial charge >= 0.3 is 0 Å². The smallest absolute Gasteiger partial charge is 0.243 e. The Morgan fingerprint density at radius 2 is 2.29 bits per heavy atom. The Kier molecular flexibility index (Phi) is 2.20. The van der Waals surface area contributed by atoms with Crippen LogP contribution in [0.3, 0.4) is 0 Å². The van der Waals surface area contributed by atoms with E-state index in [0.717, 1.165) is 6.42 Å². The van der Waals surface area contributed by atoms with Gasteiger partial charge in [-0.1, -0.05) is 0 Å². The van der Waals surface area contributed by atoms with Gasteiger partial charge in [0.2, 0.25) is 5.91 Å². The Morgan fingerprint density at radius 1 is 1.57 bits per heavy atom. The number of amides is 1. The van der Waals surface area contributed by atoms with E-state index >= 15 is 0 Å². The predicted molar refractivity (Wildman–Crippen MR) is 49.1 cm³/mol. The summed E-state index contributed by atoms with van der Waals surface area (Å²) in [5.74, 6) is -0.0669. The average molecular weight is 194 g/mol. The molecule has 2 fully saturated rings. The van der Waals surface area contributed by atoms with E-state index in [0.29, 0.717) is 32.4 Å². The summed E-state index contributed by atoms with van der Waals surface area (Å²) in [6.45, 7) is 1.01. The molecule has 1 aliphatic carbocycles. The topological polar surface area (TPSA) is 64.3 Å². The molecule has 0 spiro atoms. The minimum absolute atomic E-state index is 0.0669. The van der Waals surface area contributed by atoms with E-state index < -0.39 is 11.5 Å². The van der Waals surface area contributed by atoms with Gasteiger partial charge in [0.15, 0.2) is 0 Å². The van der Waals surface area contributed by atoms with Crippen molar-refractivity contribution in [2.45, 2.75) is 31.8 Å². The number of aliphatic hydroxyl groups excluding tert-OH is 1. The fraction of sp³-hybridized carbons (Fsp3) is 0.800. The molecule has 4 nitrogen and oxygen atoms in total. The number of rotatable bonds is 1. The Bertz CT molecular complexity index is 291. The number of likely N-dealkylation sites (tertiary alicyclic amines) is 1. The van der Waals surface area contributed by atoms with Crippen LogP contribution in [0, 0.1) is 16.7 Å². The van der Waals surface area contributed by atoms with Gasteiger partial charge in [-0.15, -0.1) is 0 Å². The molecule has 1 N–H and O–H groups in total. The van der Waals surface area contributed by atoms with Gasteiger partial charge in [0.1, 0.15) is 5.41 Å². The first-order valence-electron chi connectivity index (χ1n) is 5.07. The Morgan fingerprint density at radius 3 is 2.64 bits per heavy atom. The lowest BCUT2D eigenvalue weighted by Crippen LogP contribution is -2.46. The molecule has 1 unspecified atom stereocenters. The van der Waals surface area contributed by atoms with E-state index in [2.05, 4.69) is 6.07 Å². The Hall–Kier alpha value is -1.08. The fourth-order valence-electron chi connectivity index (χ4n) is 2.13. The fourth-order valence-corrected chi connectivity index (χ4v) is 2.13. The Labute approximate surface area is 83.1 Å². The summed E-state index contributed by atoms with van der Waals surface area (Å²) in [6.07, 6.45) is 2.60. The summed E-state index contributed by atoms with van der Waals surface area (Å²) < 4.78 is 0.